The van der Waals surface area contributed by atoms with Crippen molar-refractivity contribution in [3.63, 3.8) is 0 Å². The second-order valence-corrected chi connectivity index (χ2v) is 9.63. The van der Waals surface area contributed by atoms with E-state index >= 15 is 0 Å². The van der Waals surface area contributed by atoms with E-state index in [2.05, 4.69) is 15.1 Å². The fourth-order valence-electron chi connectivity index (χ4n) is 4.97. The number of nitrogens with zero attached hydrogens (tertiary/aromatic N) is 3. The summed E-state index contributed by atoms with van der Waals surface area (Å²) in [7, 11) is 0. The van der Waals surface area contributed by atoms with Crippen molar-refractivity contribution in [3.8, 4) is 0 Å². The number of hydrogen-bond donors (Lipinski definition) is 1. The van der Waals surface area contributed by atoms with Gasteiger partial charge in [0.15, 0.2) is 0 Å². The van der Waals surface area contributed by atoms with Crippen LogP contribution in [-0.2, 0) is 17.8 Å². The Kier molecular flexibility index (Phi) is 5.78. The number of piperazine rings is 1. The maximum Gasteiger partial charge on any atom is 0.269 e. The Morgan fingerprint density at radius 2 is 1.94 bits per heavy atom. The van der Waals surface area contributed by atoms with Gasteiger partial charge in [-0.3, -0.25) is 19.8 Å². The van der Waals surface area contributed by atoms with E-state index < -0.39 is 0 Å². The molecule has 2 unspecified atom stereocenters. The third-order valence-electron chi connectivity index (χ3n) is 6.91. The number of halogens is 1. The zero-order chi connectivity index (χ0) is 22.2. The van der Waals surface area contributed by atoms with E-state index in [4.69, 9.17) is 11.6 Å². The van der Waals surface area contributed by atoms with Crippen molar-refractivity contribution in [2.75, 3.05) is 31.1 Å². The van der Waals surface area contributed by atoms with Crippen LogP contribution in [0, 0.1) is 22.0 Å². The van der Waals surface area contributed by atoms with E-state index in [1.807, 2.05) is 30.3 Å². The van der Waals surface area contributed by atoms with Crippen LogP contribution in [-0.4, -0.2) is 48.0 Å². The van der Waals surface area contributed by atoms with Crippen LogP contribution in [0.3, 0.4) is 0 Å². The van der Waals surface area contributed by atoms with Gasteiger partial charge in [0, 0.05) is 55.6 Å². The van der Waals surface area contributed by atoms with Crippen LogP contribution in [0.1, 0.15) is 24.0 Å². The van der Waals surface area contributed by atoms with Gasteiger partial charge in [0.2, 0.25) is 5.91 Å². The van der Waals surface area contributed by atoms with Gasteiger partial charge >= 0.3 is 0 Å². The zero-order valence-corrected chi connectivity index (χ0v) is 18.6. The van der Waals surface area contributed by atoms with Crippen LogP contribution in [0.4, 0.5) is 11.4 Å². The molecule has 5 rings (SSSR count). The van der Waals surface area contributed by atoms with Crippen LogP contribution in [0.15, 0.2) is 42.5 Å². The number of rotatable bonds is 6. The number of carbonyl (C=O) groups is 1. The zero-order valence-electron chi connectivity index (χ0n) is 17.9. The van der Waals surface area contributed by atoms with Gasteiger partial charge in [-0.1, -0.05) is 23.7 Å². The van der Waals surface area contributed by atoms with Crippen LogP contribution in [0.2, 0.25) is 5.02 Å². The molecule has 168 valence electrons. The highest BCUT2D eigenvalue weighted by atomic mass is 35.5. The number of fused-ring (bicyclic) bond motifs is 3. The molecule has 1 saturated carbocycles. The maximum atomic E-state index is 13.2. The van der Waals surface area contributed by atoms with Crippen molar-refractivity contribution < 1.29 is 9.72 Å². The van der Waals surface area contributed by atoms with Crippen molar-refractivity contribution in [2.45, 2.75) is 31.8 Å². The summed E-state index contributed by atoms with van der Waals surface area (Å²) in [6.45, 7) is 3.98. The first-order valence-corrected chi connectivity index (χ1v) is 11.6. The molecular formula is C24H27ClN4O3. The molecule has 1 amide bonds. The highest BCUT2D eigenvalue weighted by Gasteiger charge is 2.42. The van der Waals surface area contributed by atoms with Gasteiger partial charge in [-0.05, 0) is 54.5 Å². The largest absolute Gasteiger partial charge is 0.365 e. The standard InChI is InChI=1S/C24H27ClN4O3/c25-19-5-3-17(4-6-19)14-27-9-10-28-22-8-7-20(29(31)32)11-18(22)12-21(23(28)15-27)24(30)26-13-16-1-2-16/h3-8,11,16,21,23H,1-2,9-10,12-15H2,(H,26,30). The lowest BCUT2D eigenvalue weighted by Crippen LogP contribution is -2.61. The first-order valence-electron chi connectivity index (χ1n) is 11.3. The topological polar surface area (TPSA) is 78.7 Å². The lowest BCUT2D eigenvalue weighted by Gasteiger charge is -2.49. The lowest BCUT2D eigenvalue weighted by atomic mass is 9.83. The molecule has 2 aromatic carbocycles. The van der Waals surface area contributed by atoms with Gasteiger partial charge in [-0.25, -0.2) is 0 Å². The summed E-state index contributed by atoms with van der Waals surface area (Å²) < 4.78 is 0. The second kappa shape index (κ2) is 8.71. The molecule has 32 heavy (non-hydrogen) atoms. The third-order valence-corrected chi connectivity index (χ3v) is 7.16. The molecule has 2 atom stereocenters. The molecule has 0 bridgehead atoms. The number of amides is 1. The Labute approximate surface area is 192 Å². The van der Waals surface area contributed by atoms with Crippen molar-refractivity contribution in [1.82, 2.24) is 10.2 Å². The molecule has 3 aliphatic rings. The summed E-state index contributed by atoms with van der Waals surface area (Å²) in [5.74, 6) is 0.452. The molecule has 0 radical (unpaired) electrons. The van der Waals surface area contributed by atoms with Gasteiger partial charge in [-0.15, -0.1) is 0 Å². The van der Waals surface area contributed by atoms with Gasteiger partial charge in [0.25, 0.3) is 5.69 Å². The van der Waals surface area contributed by atoms with E-state index in [1.54, 1.807) is 12.1 Å². The Hall–Kier alpha value is -2.64. The molecule has 7 nitrogen and oxygen atoms in total. The van der Waals surface area contributed by atoms with E-state index in [1.165, 1.54) is 18.4 Å². The normalized spacial score (nSPS) is 22.7. The molecule has 2 aliphatic heterocycles. The first-order chi connectivity index (χ1) is 15.5. The monoisotopic (exact) mass is 454 g/mol. The van der Waals surface area contributed by atoms with E-state index in [9.17, 15) is 14.9 Å². The summed E-state index contributed by atoms with van der Waals surface area (Å²) in [6.07, 6.45) is 2.90. The predicted molar refractivity (Wildman–Crippen MR) is 124 cm³/mol. The fourth-order valence-corrected chi connectivity index (χ4v) is 5.10. The average molecular weight is 455 g/mol. The minimum Gasteiger partial charge on any atom is -0.365 e. The number of benzene rings is 2. The van der Waals surface area contributed by atoms with E-state index in [0.29, 0.717) is 12.3 Å². The van der Waals surface area contributed by atoms with Crippen molar-refractivity contribution in [2.24, 2.45) is 11.8 Å². The fraction of sp³-hybridized carbons (Fsp3) is 0.458. The number of carbonyl (C=O) groups excluding carboxylic acids is 1. The number of nitro benzene ring substituents is 1. The molecule has 2 aromatic rings. The smallest absolute Gasteiger partial charge is 0.269 e. The SMILES string of the molecule is O=C(NCC1CC1)C1Cc2cc([N+](=O)[O-])ccc2N2CCN(Cc3ccc(Cl)cc3)CC12. The van der Waals surface area contributed by atoms with Gasteiger partial charge < -0.3 is 10.2 Å². The Morgan fingerprint density at radius 3 is 2.66 bits per heavy atom. The Morgan fingerprint density at radius 1 is 1.16 bits per heavy atom. The Bertz CT molecular complexity index is 1020. The van der Waals surface area contributed by atoms with Crippen LogP contribution < -0.4 is 10.2 Å². The predicted octanol–water partition coefficient (Wildman–Crippen LogP) is 3.64. The number of nitro groups is 1. The number of non-ortho nitro benzene ring substituents is 1. The highest BCUT2D eigenvalue weighted by molar-refractivity contribution is 6.30. The minimum atomic E-state index is -0.363. The van der Waals surface area contributed by atoms with Crippen molar-refractivity contribution >= 4 is 28.9 Å². The molecule has 8 heteroatoms. The quantitative estimate of drug-likeness (QED) is 0.532. The van der Waals surface area contributed by atoms with Crippen LogP contribution in [0.25, 0.3) is 0 Å². The molecule has 0 spiro atoms. The van der Waals surface area contributed by atoms with Crippen LogP contribution >= 0.6 is 11.6 Å². The molecule has 1 aliphatic carbocycles. The number of hydrogen-bond acceptors (Lipinski definition) is 5. The minimum absolute atomic E-state index is 0.0456. The molecule has 2 heterocycles. The first kappa shape index (κ1) is 21.2. The van der Waals surface area contributed by atoms with E-state index in [0.717, 1.165) is 49.0 Å². The van der Waals surface area contributed by atoms with Gasteiger partial charge in [-0.2, -0.15) is 0 Å². The van der Waals surface area contributed by atoms with Gasteiger partial charge in [0.05, 0.1) is 16.9 Å². The Balaban J connectivity index is 1.39. The second-order valence-electron chi connectivity index (χ2n) is 9.19. The average Bonchev–Trinajstić information content (AvgIpc) is 3.62. The lowest BCUT2D eigenvalue weighted by molar-refractivity contribution is -0.384. The molecule has 1 saturated heterocycles. The summed E-state index contributed by atoms with van der Waals surface area (Å²) in [5, 5.41) is 15.2. The van der Waals surface area contributed by atoms with Crippen LogP contribution in [0.5, 0.6) is 0 Å². The maximum absolute atomic E-state index is 13.2. The molecular weight excluding hydrogens is 428 g/mol. The van der Waals surface area contributed by atoms with Crippen molar-refractivity contribution in [1.29, 1.82) is 0 Å². The molecule has 0 aromatic heterocycles. The van der Waals surface area contributed by atoms with E-state index in [-0.39, 0.29) is 28.5 Å². The summed E-state index contributed by atoms with van der Waals surface area (Å²) in [4.78, 5) is 28.8. The number of nitrogens with one attached hydrogen (secondary N) is 1. The summed E-state index contributed by atoms with van der Waals surface area (Å²) >= 11 is 6.03. The van der Waals surface area contributed by atoms with Crippen molar-refractivity contribution in [3.05, 3.63) is 68.7 Å². The highest BCUT2D eigenvalue weighted by Crippen LogP contribution is 2.38. The summed E-state index contributed by atoms with van der Waals surface area (Å²) in [6, 6.07) is 13.0. The number of anilines is 1. The third kappa shape index (κ3) is 4.45. The summed E-state index contributed by atoms with van der Waals surface area (Å²) in [5.41, 5.74) is 3.20. The molecule has 2 fully saturated rings. The van der Waals surface area contributed by atoms with Gasteiger partial charge in [0.1, 0.15) is 0 Å². The molecule has 1 N–H and O–H groups in total.